The Hall–Kier alpha value is -0.810. The number of nitrogens with two attached hydrogens (primary N) is 1. The number of unbranched alkanes of at least 4 members (excludes halogenated alkanes) is 1. The van der Waals surface area contributed by atoms with Gasteiger partial charge in [-0.05, 0) is 32.7 Å². The average Bonchev–Trinajstić information content (AvgIpc) is 2.27. The van der Waals surface area contributed by atoms with Gasteiger partial charge in [-0.3, -0.25) is 0 Å². The van der Waals surface area contributed by atoms with Gasteiger partial charge in [-0.15, -0.1) is 0 Å². The van der Waals surface area contributed by atoms with Crippen LogP contribution in [-0.2, 0) is 0 Å². The fourth-order valence-electron chi connectivity index (χ4n) is 1.60. The minimum absolute atomic E-state index is 0.227. The molecule has 0 aromatic rings. The Morgan fingerprint density at radius 2 is 2.06 bits per heavy atom. The Kier molecular flexibility index (Phi) is 7.91. The van der Waals surface area contributed by atoms with Crippen LogP contribution in [0.15, 0.2) is 5.16 Å². The van der Waals surface area contributed by atoms with Crippen molar-refractivity contribution >= 4 is 5.84 Å². The zero-order chi connectivity index (χ0) is 13.3. The van der Waals surface area contributed by atoms with Crippen LogP contribution < -0.4 is 11.1 Å². The number of hydrogen-bond donors (Lipinski definition) is 4. The monoisotopic (exact) mass is 245 g/mol. The number of hydrogen-bond acceptors (Lipinski definition) is 4. The van der Waals surface area contributed by atoms with Gasteiger partial charge < -0.3 is 21.4 Å². The molecule has 0 rings (SSSR count). The quantitative estimate of drug-likeness (QED) is 0.162. The van der Waals surface area contributed by atoms with Gasteiger partial charge in [-0.2, -0.15) is 0 Å². The number of aliphatic hydroxyl groups is 1. The normalized spacial score (nSPS) is 14.9. The van der Waals surface area contributed by atoms with E-state index in [1.165, 1.54) is 0 Å². The molecule has 1 unspecified atom stereocenters. The molecule has 0 radical (unpaired) electrons. The molecule has 0 spiro atoms. The largest absolute Gasteiger partial charge is 0.409 e. The van der Waals surface area contributed by atoms with Gasteiger partial charge in [0.05, 0.1) is 0 Å². The van der Waals surface area contributed by atoms with Crippen LogP contribution >= 0.6 is 0 Å². The molecule has 1 atom stereocenters. The van der Waals surface area contributed by atoms with Gasteiger partial charge in [0, 0.05) is 18.1 Å². The number of nitrogens with one attached hydrogen (secondary N) is 1. The van der Waals surface area contributed by atoms with Gasteiger partial charge in [0.15, 0.2) is 0 Å². The summed E-state index contributed by atoms with van der Waals surface area (Å²) in [6.07, 6.45) is 3.77. The predicted molar refractivity (Wildman–Crippen MR) is 70.2 cm³/mol. The molecule has 17 heavy (non-hydrogen) atoms. The van der Waals surface area contributed by atoms with Crippen LogP contribution in [-0.4, -0.2) is 35.3 Å². The van der Waals surface area contributed by atoms with Crippen molar-refractivity contribution < 1.29 is 10.3 Å². The van der Waals surface area contributed by atoms with Crippen LogP contribution in [0, 0.1) is 5.41 Å². The van der Waals surface area contributed by atoms with Crippen LogP contribution in [0.3, 0.4) is 0 Å². The maximum absolute atomic E-state index is 8.74. The van der Waals surface area contributed by atoms with Crippen LogP contribution in [0.1, 0.15) is 46.5 Å². The van der Waals surface area contributed by atoms with E-state index in [-0.39, 0.29) is 12.0 Å². The number of oxime groups is 1. The standard InChI is InChI=1S/C12H27N3O2/c1-10(6-9-16)14-8-5-4-7-12(2,3)11(13)15-17/h10,14,16-17H,4-9H2,1-3H3,(H2,13,15). The highest BCUT2D eigenvalue weighted by Gasteiger charge is 2.22. The lowest BCUT2D eigenvalue weighted by Crippen LogP contribution is -2.32. The number of amidine groups is 1. The lowest BCUT2D eigenvalue weighted by atomic mass is 9.86. The summed E-state index contributed by atoms with van der Waals surface area (Å²) < 4.78 is 0. The maximum atomic E-state index is 8.74. The molecule has 0 aliphatic rings. The molecule has 5 heteroatoms. The molecule has 0 amide bonds. The topological polar surface area (TPSA) is 90.9 Å². The molecule has 0 aromatic carbocycles. The molecular formula is C12H27N3O2. The molecule has 5 N–H and O–H groups in total. The average molecular weight is 245 g/mol. The van der Waals surface area contributed by atoms with E-state index in [1.807, 2.05) is 13.8 Å². The van der Waals surface area contributed by atoms with Gasteiger partial charge >= 0.3 is 0 Å². The second-order valence-electron chi connectivity index (χ2n) is 5.19. The van der Waals surface area contributed by atoms with Crippen LogP contribution in [0.2, 0.25) is 0 Å². The van der Waals surface area contributed by atoms with Crippen LogP contribution in [0.4, 0.5) is 0 Å². The van der Waals surface area contributed by atoms with E-state index in [2.05, 4.69) is 17.4 Å². The van der Waals surface area contributed by atoms with Gasteiger partial charge in [0.1, 0.15) is 5.84 Å². The first-order valence-corrected chi connectivity index (χ1v) is 6.26. The molecule has 0 aliphatic carbocycles. The van der Waals surface area contributed by atoms with E-state index in [4.69, 9.17) is 16.0 Å². The summed E-state index contributed by atoms with van der Waals surface area (Å²) in [5, 5.41) is 23.8. The number of nitrogens with zero attached hydrogens (tertiary/aromatic N) is 1. The molecule has 0 aliphatic heterocycles. The van der Waals surface area contributed by atoms with Crippen molar-refractivity contribution in [3.05, 3.63) is 0 Å². The molecule has 0 saturated carbocycles. The molecule has 0 fully saturated rings. The van der Waals surface area contributed by atoms with Gasteiger partial charge in [0.25, 0.3) is 0 Å². The summed E-state index contributed by atoms with van der Waals surface area (Å²) in [6, 6.07) is 0.358. The first-order valence-electron chi connectivity index (χ1n) is 6.26. The third-order valence-electron chi connectivity index (χ3n) is 3.08. The molecule has 0 heterocycles. The first kappa shape index (κ1) is 16.2. The Morgan fingerprint density at radius 3 is 2.59 bits per heavy atom. The first-order chi connectivity index (χ1) is 7.94. The van der Waals surface area contributed by atoms with Gasteiger partial charge in [-0.25, -0.2) is 0 Å². The van der Waals surface area contributed by atoms with Crippen molar-refractivity contribution in [1.82, 2.24) is 5.32 Å². The fourth-order valence-corrected chi connectivity index (χ4v) is 1.60. The number of rotatable bonds is 9. The molecule has 0 aromatic heterocycles. The SMILES string of the molecule is CC(CCO)NCCCCC(C)(C)C(N)=NO. The molecule has 102 valence electrons. The van der Waals surface area contributed by atoms with Crippen molar-refractivity contribution in [1.29, 1.82) is 0 Å². The third-order valence-corrected chi connectivity index (χ3v) is 3.08. The summed E-state index contributed by atoms with van der Waals surface area (Å²) in [4.78, 5) is 0. The van der Waals surface area contributed by atoms with E-state index in [0.717, 1.165) is 32.2 Å². The Morgan fingerprint density at radius 1 is 1.41 bits per heavy atom. The zero-order valence-electron chi connectivity index (χ0n) is 11.2. The van der Waals surface area contributed by atoms with Crippen molar-refractivity contribution in [2.45, 2.75) is 52.5 Å². The highest BCUT2D eigenvalue weighted by Crippen LogP contribution is 2.23. The summed E-state index contributed by atoms with van der Waals surface area (Å²) in [5.74, 6) is 0.291. The second-order valence-corrected chi connectivity index (χ2v) is 5.19. The van der Waals surface area contributed by atoms with Crippen LogP contribution in [0.25, 0.3) is 0 Å². The third kappa shape index (κ3) is 7.18. The minimum atomic E-state index is -0.245. The highest BCUT2D eigenvalue weighted by atomic mass is 16.4. The van der Waals surface area contributed by atoms with Crippen LogP contribution in [0.5, 0.6) is 0 Å². The Bertz CT molecular complexity index is 230. The lowest BCUT2D eigenvalue weighted by molar-refractivity contribution is 0.268. The summed E-state index contributed by atoms with van der Waals surface area (Å²) >= 11 is 0. The second kappa shape index (κ2) is 8.31. The Balaban J connectivity index is 3.64. The smallest absolute Gasteiger partial charge is 0.144 e. The number of aliphatic hydroxyl groups excluding tert-OH is 1. The van der Waals surface area contributed by atoms with Gasteiger partial charge in [0.2, 0.25) is 0 Å². The van der Waals surface area contributed by atoms with E-state index >= 15 is 0 Å². The molecule has 0 bridgehead atoms. The zero-order valence-corrected chi connectivity index (χ0v) is 11.2. The summed E-state index contributed by atoms with van der Waals surface area (Å²) in [7, 11) is 0. The van der Waals surface area contributed by atoms with E-state index in [9.17, 15) is 0 Å². The minimum Gasteiger partial charge on any atom is -0.409 e. The fraction of sp³-hybridized carbons (Fsp3) is 0.917. The van der Waals surface area contributed by atoms with Crippen molar-refractivity contribution in [2.75, 3.05) is 13.2 Å². The lowest BCUT2D eigenvalue weighted by Gasteiger charge is -2.22. The van der Waals surface area contributed by atoms with Crippen molar-refractivity contribution in [2.24, 2.45) is 16.3 Å². The van der Waals surface area contributed by atoms with E-state index in [0.29, 0.717) is 11.9 Å². The summed E-state index contributed by atoms with van der Waals surface area (Å²) in [5.41, 5.74) is 5.37. The van der Waals surface area contributed by atoms with E-state index < -0.39 is 0 Å². The highest BCUT2D eigenvalue weighted by molar-refractivity contribution is 5.85. The maximum Gasteiger partial charge on any atom is 0.144 e. The van der Waals surface area contributed by atoms with E-state index in [1.54, 1.807) is 0 Å². The van der Waals surface area contributed by atoms with Gasteiger partial charge in [-0.1, -0.05) is 25.4 Å². The molecular weight excluding hydrogens is 218 g/mol. The molecule has 0 saturated heterocycles. The van der Waals surface area contributed by atoms with Crippen molar-refractivity contribution in [3.63, 3.8) is 0 Å². The Labute approximate surface area is 104 Å². The van der Waals surface area contributed by atoms with Crippen molar-refractivity contribution in [3.8, 4) is 0 Å². The summed E-state index contributed by atoms with van der Waals surface area (Å²) in [6.45, 7) is 7.18. The molecule has 5 nitrogen and oxygen atoms in total. The predicted octanol–water partition coefficient (Wildman–Crippen LogP) is 1.29.